The van der Waals surface area contributed by atoms with Crippen LogP contribution in [0.2, 0.25) is 0 Å². The van der Waals surface area contributed by atoms with Crippen LogP contribution in [0.1, 0.15) is 24.5 Å². The quantitative estimate of drug-likeness (QED) is 0.836. The van der Waals surface area contributed by atoms with Gasteiger partial charge in [-0.25, -0.2) is 0 Å². The molecular weight excluding hydrogens is 224 g/mol. The number of aryl methyl sites for hydroxylation is 1. The van der Waals surface area contributed by atoms with Crippen LogP contribution in [-0.2, 0) is 11.2 Å². The van der Waals surface area contributed by atoms with Gasteiger partial charge in [0.15, 0.2) is 0 Å². The Bertz CT molecular complexity index is 373. The molecule has 0 aliphatic heterocycles. The first-order valence-corrected chi connectivity index (χ1v) is 6.55. The molecule has 0 spiro atoms. The summed E-state index contributed by atoms with van der Waals surface area (Å²) in [6, 6.07) is 8.45. The molecule has 0 aliphatic carbocycles. The van der Waals surface area contributed by atoms with Crippen molar-refractivity contribution in [3.8, 4) is 0 Å². The van der Waals surface area contributed by atoms with Gasteiger partial charge < -0.3 is 10.6 Å². The van der Waals surface area contributed by atoms with Crippen molar-refractivity contribution < 1.29 is 4.79 Å². The lowest BCUT2D eigenvalue weighted by molar-refractivity contribution is -0.133. The van der Waals surface area contributed by atoms with E-state index in [-0.39, 0.29) is 11.8 Å². The third kappa shape index (κ3) is 4.49. The smallest absolute Gasteiger partial charge is 0.225 e. The van der Waals surface area contributed by atoms with Crippen LogP contribution in [0.25, 0.3) is 0 Å². The Morgan fingerprint density at radius 2 is 1.94 bits per heavy atom. The number of nitrogens with zero attached hydrogens (tertiary/aromatic N) is 1. The molecule has 1 unspecified atom stereocenters. The second-order valence-corrected chi connectivity index (χ2v) is 4.97. The number of amides is 1. The van der Waals surface area contributed by atoms with Crippen molar-refractivity contribution in [1.29, 1.82) is 0 Å². The fourth-order valence-corrected chi connectivity index (χ4v) is 1.91. The molecule has 3 nitrogen and oxygen atoms in total. The maximum Gasteiger partial charge on any atom is 0.225 e. The molecule has 0 radical (unpaired) electrons. The van der Waals surface area contributed by atoms with Crippen molar-refractivity contribution in [2.75, 3.05) is 20.1 Å². The first kappa shape index (κ1) is 14.7. The van der Waals surface area contributed by atoms with Crippen LogP contribution in [0.5, 0.6) is 0 Å². The van der Waals surface area contributed by atoms with Crippen LogP contribution in [-0.4, -0.2) is 30.9 Å². The van der Waals surface area contributed by atoms with Crippen molar-refractivity contribution >= 4 is 5.91 Å². The molecule has 2 N–H and O–H groups in total. The topological polar surface area (TPSA) is 46.3 Å². The van der Waals surface area contributed by atoms with E-state index in [9.17, 15) is 4.79 Å². The van der Waals surface area contributed by atoms with Gasteiger partial charge in [0.25, 0.3) is 0 Å². The molecule has 1 aromatic carbocycles. The predicted molar refractivity (Wildman–Crippen MR) is 75.4 cm³/mol. The lowest BCUT2D eigenvalue weighted by Gasteiger charge is -2.21. The molecule has 1 amide bonds. The van der Waals surface area contributed by atoms with Gasteiger partial charge in [0.2, 0.25) is 5.91 Å². The van der Waals surface area contributed by atoms with E-state index in [1.54, 1.807) is 4.90 Å². The average molecular weight is 248 g/mol. The molecule has 1 atom stereocenters. The molecule has 0 bridgehead atoms. The molecule has 1 aromatic rings. The Morgan fingerprint density at radius 1 is 1.33 bits per heavy atom. The third-order valence-electron chi connectivity index (χ3n) is 3.25. The van der Waals surface area contributed by atoms with Crippen molar-refractivity contribution in [2.24, 2.45) is 11.7 Å². The normalized spacial score (nSPS) is 12.2. The van der Waals surface area contributed by atoms with Gasteiger partial charge in [-0.15, -0.1) is 0 Å². The Balaban J connectivity index is 2.43. The van der Waals surface area contributed by atoms with Crippen LogP contribution < -0.4 is 5.73 Å². The zero-order valence-electron chi connectivity index (χ0n) is 11.6. The summed E-state index contributed by atoms with van der Waals surface area (Å²) in [7, 11) is 1.86. The molecule has 3 heteroatoms. The number of rotatable bonds is 6. The van der Waals surface area contributed by atoms with Gasteiger partial charge in [-0.2, -0.15) is 0 Å². The standard InChI is InChI=1S/C15H24N2O/c1-12-4-6-14(7-5-12)9-11-17(3)15(18)13(2)8-10-16/h4-7,13H,8-11,16H2,1-3H3. The van der Waals surface area contributed by atoms with Crippen LogP contribution >= 0.6 is 0 Å². The lowest BCUT2D eigenvalue weighted by Crippen LogP contribution is -2.34. The van der Waals surface area contributed by atoms with Gasteiger partial charge in [0.05, 0.1) is 0 Å². The largest absolute Gasteiger partial charge is 0.345 e. The maximum atomic E-state index is 12.0. The second kappa shape index (κ2) is 7.17. The monoisotopic (exact) mass is 248 g/mol. The summed E-state index contributed by atoms with van der Waals surface area (Å²) in [5.74, 6) is 0.213. The second-order valence-electron chi connectivity index (χ2n) is 4.97. The summed E-state index contributed by atoms with van der Waals surface area (Å²) in [4.78, 5) is 13.8. The molecule has 0 saturated carbocycles. The lowest BCUT2D eigenvalue weighted by atomic mass is 10.1. The van der Waals surface area contributed by atoms with E-state index < -0.39 is 0 Å². The predicted octanol–water partition coefficient (Wildman–Crippen LogP) is 1.98. The Labute approximate surface area is 110 Å². The molecule has 0 fully saturated rings. The molecule has 0 heterocycles. The Kier molecular flexibility index (Phi) is 5.86. The SMILES string of the molecule is Cc1ccc(CCN(C)C(=O)C(C)CCN)cc1. The maximum absolute atomic E-state index is 12.0. The third-order valence-corrected chi connectivity index (χ3v) is 3.25. The van der Waals surface area contributed by atoms with E-state index in [1.165, 1.54) is 11.1 Å². The highest BCUT2D eigenvalue weighted by Gasteiger charge is 2.16. The number of benzene rings is 1. The zero-order valence-corrected chi connectivity index (χ0v) is 11.6. The highest BCUT2D eigenvalue weighted by molar-refractivity contribution is 5.78. The minimum Gasteiger partial charge on any atom is -0.345 e. The van der Waals surface area contributed by atoms with Gasteiger partial charge in [0, 0.05) is 19.5 Å². The van der Waals surface area contributed by atoms with E-state index >= 15 is 0 Å². The molecule has 18 heavy (non-hydrogen) atoms. The first-order chi connectivity index (χ1) is 8.54. The fraction of sp³-hybridized carbons (Fsp3) is 0.533. The summed E-state index contributed by atoms with van der Waals surface area (Å²) in [5, 5.41) is 0. The van der Waals surface area contributed by atoms with Crippen LogP contribution in [0, 0.1) is 12.8 Å². The summed E-state index contributed by atoms with van der Waals surface area (Å²) in [6.45, 7) is 5.35. The van der Waals surface area contributed by atoms with Gasteiger partial charge in [-0.05, 0) is 31.9 Å². The van der Waals surface area contributed by atoms with Crippen molar-refractivity contribution in [3.05, 3.63) is 35.4 Å². The molecule has 0 aliphatic rings. The Morgan fingerprint density at radius 3 is 2.50 bits per heavy atom. The number of likely N-dealkylation sites (N-methyl/N-ethyl adjacent to an activating group) is 1. The zero-order chi connectivity index (χ0) is 13.5. The van der Waals surface area contributed by atoms with Gasteiger partial charge >= 0.3 is 0 Å². The highest BCUT2D eigenvalue weighted by atomic mass is 16.2. The van der Waals surface area contributed by atoms with Crippen LogP contribution in [0.4, 0.5) is 0 Å². The van der Waals surface area contributed by atoms with Gasteiger partial charge in [-0.3, -0.25) is 4.79 Å². The molecule has 0 aromatic heterocycles. The van der Waals surface area contributed by atoms with Crippen LogP contribution in [0.15, 0.2) is 24.3 Å². The molecule has 100 valence electrons. The summed E-state index contributed by atoms with van der Waals surface area (Å²) < 4.78 is 0. The van der Waals surface area contributed by atoms with Gasteiger partial charge in [-0.1, -0.05) is 36.8 Å². The van der Waals surface area contributed by atoms with E-state index in [4.69, 9.17) is 5.73 Å². The number of carbonyl (C=O) groups excluding carboxylic acids is 1. The average Bonchev–Trinajstić information content (AvgIpc) is 2.37. The number of nitrogens with two attached hydrogens (primary N) is 1. The molecule has 1 rings (SSSR count). The minimum atomic E-state index is 0.0259. The van der Waals surface area contributed by atoms with Crippen molar-refractivity contribution in [1.82, 2.24) is 4.90 Å². The summed E-state index contributed by atoms with van der Waals surface area (Å²) in [5.41, 5.74) is 8.01. The van der Waals surface area contributed by atoms with Crippen molar-refractivity contribution in [2.45, 2.75) is 26.7 Å². The van der Waals surface area contributed by atoms with E-state index in [1.807, 2.05) is 14.0 Å². The molecular formula is C15H24N2O. The highest BCUT2D eigenvalue weighted by Crippen LogP contribution is 2.08. The summed E-state index contributed by atoms with van der Waals surface area (Å²) in [6.07, 6.45) is 1.66. The minimum absolute atomic E-state index is 0.0259. The number of hydrogen-bond acceptors (Lipinski definition) is 2. The molecule has 0 saturated heterocycles. The number of carbonyl (C=O) groups is 1. The number of hydrogen-bond donors (Lipinski definition) is 1. The van der Waals surface area contributed by atoms with E-state index in [0.717, 1.165) is 19.4 Å². The van der Waals surface area contributed by atoms with Crippen LogP contribution in [0.3, 0.4) is 0 Å². The summed E-state index contributed by atoms with van der Waals surface area (Å²) >= 11 is 0. The fourth-order valence-electron chi connectivity index (χ4n) is 1.91. The first-order valence-electron chi connectivity index (χ1n) is 6.55. The Hall–Kier alpha value is -1.35. The van der Waals surface area contributed by atoms with E-state index in [0.29, 0.717) is 6.54 Å². The van der Waals surface area contributed by atoms with Gasteiger partial charge in [0.1, 0.15) is 0 Å². The van der Waals surface area contributed by atoms with E-state index in [2.05, 4.69) is 31.2 Å². The van der Waals surface area contributed by atoms with Crippen molar-refractivity contribution in [3.63, 3.8) is 0 Å².